The highest BCUT2D eigenvalue weighted by Gasteiger charge is 2.29. The van der Waals surface area contributed by atoms with E-state index in [1.165, 1.54) is 30.1 Å². The van der Waals surface area contributed by atoms with Crippen molar-refractivity contribution in [2.45, 2.75) is 23.7 Å². The van der Waals surface area contributed by atoms with E-state index in [-0.39, 0.29) is 10.8 Å². The Morgan fingerprint density at radius 2 is 2.14 bits per heavy atom. The second-order valence-electron chi connectivity index (χ2n) is 4.83. The molecule has 0 saturated heterocycles. The zero-order valence-electron chi connectivity index (χ0n) is 11.6. The number of rotatable bonds is 5. The normalized spacial score (nSPS) is 15.0. The highest BCUT2D eigenvalue weighted by molar-refractivity contribution is 7.92. The van der Waals surface area contributed by atoms with Gasteiger partial charge in [-0.25, -0.2) is 22.8 Å². The van der Waals surface area contributed by atoms with Gasteiger partial charge in [-0.1, -0.05) is 0 Å². The topological polar surface area (TPSA) is 99.0 Å². The van der Waals surface area contributed by atoms with Crippen LogP contribution in [-0.4, -0.2) is 35.3 Å². The van der Waals surface area contributed by atoms with E-state index in [0.29, 0.717) is 17.6 Å². The lowest BCUT2D eigenvalue weighted by Crippen LogP contribution is -2.16. The first-order chi connectivity index (χ1) is 9.99. The van der Waals surface area contributed by atoms with Crippen LogP contribution in [0.2, 0.25) is 0 Å². The Hall–Kier alpha value is -2.16. The van der Waals surface area contributed by atoms with E-state index in [9.17, 15) is 8.42 Å². The zero-order chi connectivity index (χ0) is 15.0. The van der Waals surface area contributed by atoms with Crippen LogP contribution in [0.4, 0.5) is 5.95 Å². The molecule has 1 aliphatic carbocycles. The van der Waals surface area contributed by atoms with Crippen molar-refractivity contribution in [1.29, 1.82) is 0 Å². The Morgan fingerprint density at radius 1 is 1.38 bits per heavy atom. The Bertz CT molecular complexity index is 750. The van der Waals surface area contributed by atoms with Gasteiger partial charge < -0.3 is 4.74 Å². The van der Waals surface area contributed by atoms with E-state index < -0.39 is 10.0 Å². The predicted molar refractivity (Wildman–Crippen MR) is 74.6 cm³/mol. The summed E-state index contributed by atoms with van der Waals surface area (Å²) in [5.41, 5.74) is 0. The number of ether oxygens (including phenoxy) is 1. The molecule has 0 aliphatic heterocycles. The summed E-state index contributed by atoms with van der Waals surface area (Å²) in [6.45, 7) is 0. The fourth-order valence-electron chi connectivity index (χ4n) is 1.83. The lowest BCUT2D eigenvalue weighted by Gasteiger charge is -2.06. The average Bonchev–Trinajstić information content (AvgIpc) is 3.25. The fourth-order valence-corrected chi connectivity index (χ4v) is 2.81. The van der Waals surface area contributed by atoms with E-state index in [4.69, 9.17) is 4.74 Å². The van der Waals surface area contributed by atoms with Crippen molar-refractivity contribution < 1.29 is 13.2 Å². The van der Waals surface area contributed by atoms with Crippen molar-refractivity contribution in [2.24, 2.45) is 7.05 Å². The van der Waals surface area contributed by atoms with Gasteiger partial charge in [-0.2, -0.15) is 10.1 Å². The minimum absolute atomic E-state index is 0.0410. The highest BCUT2D eigenvalue weighted by Crippen LogP contribution is 2.38. The lowest BCUT2D eigenvalue weighted by molar-refractivity contribution is 0.397. The Balaban J connectivity index is 1.84. The molecule has 0 amide bonds. The molecule has 0 unspecified atom stereocenters. The number of pyridine rings is 1. The summed E-state index contributed by atoms with van der Waals surface area (Å²) in [6.07, 6.45) is 3.34. The van der Waals surface area contributed by atoms with Gasteiger partial charge in [-0.15, -0.1) is 0 Å². The van der Waals surface area contributed by atoms with Crippen molar-refractivity contribution in [3.05, 3.63) is 24.2 Å². The van der Waals surface area contributed by atoms with Crippen LogP contribution in [0.1, 0.15) is 24.6 Å². The van der Waals surface area contributed by atoms with Gasteiger partial charge >= 0.3 is 0 Å². The molecule has 1 aliphatic rings. The molecule has 21 heavy (non-hydrogen) atoms. The largest absolute Gasteiger partial charge is 0.481 e. The number of aryl methyl sites for hydroxylation is 1. The smallest absolute Gasteiger partial charge is 0.265 e. The molecule has 9 heteroatoms. The Morgan fingerprint density at radius 3 is 2.71 bits per heavy atom. The van der Waals surface area contributed by atoms with Crippen LogP contribution < -0.4 is 9.46 Å². The summed E-state index contributed by atoms with van der Waals surface area (Å²) in [4.78, 5) is 8.16. The van der Waals surface area contributed by atoms with Gasteiger partial charge in [-0.3, -0.25) is 0 Å². The quantitative estimate of drug-likeness (QED) is 0.881. The van der Waals surface area contributed by atoms with Gasteiger partial charge in [0.25, 0.3) is 10.0 Å². The summed E-state index contributed by atoms with van der Waals surface area (Å²) < 4.78 is 33.3. The minimum Gasteiger partial charge on any atom is -0.481 e. The van der Waals surface area contributed by atoms with E-state index in [1.54, 1.807) is 7.05 Å². The summed E-state index contributed by atoms with van der Waals surface area (Å²) >= 11 is 0. The molecule has 112 valence electrons. The average molecular weight is 309 g/mol. The van der Waals surface area contributed by atoms with Gasteiger partial charge in [0.15, 0.2) is 5.82 Å². The molecule has 2 aromatic rings. The van der Waals surface area contributed by atoms with Crippen molar-refractivity contribution in [1.82, 2.24) is 19.7 Å². The molecule has 1 fully saturated rings. The standard InChI is InChI=1S/C12H15N5O3S/c1-17-12(14-11(15-17)8-3-4-8)16-21(18,19)9-5-6-10(20-2)13-7-9/h5-8H,3-4H2,1-2H3,(H,14,15,16). The van der Waals surface area contributed by atoms with Crippen LogP contribution in [0.3, 0.4) is 0 Å². The predicted octanol–water partition coefficient (Wildman–Crippen LogP) is 0.897. The first-order valence-electron chi connectivity index (χ1n) is 6.43. The Kier molecular flexibility index (Phi) is 3.28. The maximum Gasteiger partial charge on any atom is 0.265 e. The maximum atomic E-state index is 12.3. The molecular formula is C12H15N5O3S. The first-order valence-corrected chi connectivity index (χ1v) is 7.92. The van der Waals surface area contributed by atoms with Crippen molar-refractivity contribution in [3.8, 4) is 5.88 Å². The number of anilines is 1. The van der Waals surface area contributed by atoms with E-state index in [0.717, 1.165) is 12.8 Å². The number of methoxy groups -OCH3 is 1. The van der Waals surface area contributed by atoms with Crippen LogP contribution >= 0.6 is 0 Å². The molecule has 8 nitrogen and oxygen atoms in total. The number of sulfonamides is 1. The van der Waals surface area contributed by atoms with Crippen molar-refractivity contribution >= 4 is 16.0 Å². The fraction of sp³-hybridized carbons (Fsp3) is 0.417. The summed E-state index contributed by atoms with van der Waals surface area (Å²) in [5.74, 6) is 1.59. The molecule has 2 heterocycles. The van der Waals surface area contributed by atoms with E-state index in [1.807, 2.05) is 0 Å². The molecule has 0 spiro atoms. The second kappa shape index (κ2) is 4.99. The number of nitrogens with one attached hydrogen (secondary N) is 1. The molecule has 0 radical (unpaired) electrons. The third-order valence-corrected chi connectivity index (χ3v) is 4.49. The summed E-state index contributed by atoms with van der Waals surface area (Å²) in [6, 6.07) is 2.91. The molecule has 2 aromatic heterocycles. The van der Waals surface area contributed by atoms with Gasteiger partial charge in [0.05, 0.1) is 13.3 Å². The van der Waals surface area contributed by atoms with Gasteiger partial charge in [-0.05, 0) is 18.9 Å². The van der Waals surface area contributed by atoms with Crippen LogP contribution in [0.25, 0.3) is 0 Å². The molecule has 0 aromatic carbocycles. The number of hydrogen-bond acceptors (Lipinski definition) is 6. The number of hydrogen-bond donors (Lipinski definition) is 1. The van der Waals surface area contributed by atoms with Crippen molar-refractivity contribution in [2.75, 3.05) is 11.8 Å². The first kappa shape index (κ1) is 13.8. The van der Waals surface area contributed by atoms with Crippen molar-refractivity contribution in [3.63, 3.8) is 0 Å². The minimum atomic E-state index is -3.74. The highest BCUT2D eigenvalue weighted by atomic mass is 32.2. The lowest BCUT2D eigenvalue weighted by atomic mass is 10.4. The monoisotopic (exact) mass is 309 g/mol. The number of aromatic nitrogens is 4. The summed E-state index contributed by atoms with van der Waals surface area (Å²) in [5, 5.41) is 4.22. The van der Waals surface area contributed by atoms with E-state index >= 15 is 0 Å². The van der Waals surface area contributed by atoms with Gasteiger partial charge in [0, 0.05) is 19.0 Å². The van der Waals surface area contributed by atoms with E-state index in [2.05, 4.69) is 19.8 Å². The van der Waals surface area contributed by atoms with Crippen LogP contribution in [-0.2, 0) is 17.1 Å². The van der Waals surface area contributed by atoms with Crippen LogP contribution in [0.15, 0.2) is 23.2 Å². The Labute approximate surface area is 122 Å². The zero-order valence-corrected chi connectivity index (χ0v) is 12.5. The van der Waals surface area contributed by atoms with Gasteiger partial charge in [0.2, 0.25) is 11.8 Å². The van der Waals surface area contributed by atoms with Crippen LogP contribution in [0, 0.1) is 0 Å². The molecular weight excluding hydrogens is 294 g/mol. The van der Waals surface area contributed by atoms with Gasteiger partial charge in [0.1, 0.15) is 4.90 Å². The molecule has 1 saturated carbocycles. The maximum absolute atomic E-state index is 12.3. The van der Waals surface area contributed by atoms with Crippen LogP contribution in [0.5, 0.6) is 5.88 Å². The summed E-state index contributed by atoms with van der Waals surface area (Å²) in [7, 11) is -0.622. The third-order valence-electron chi connectivity index (χ3n) is 3.18. The molecule has 0 bridgehead atoms. The second-order valence-corrected chi connectivity index (χ2v) is 6.52. The molecule has 0 atom stereocenters. The third kappa shape index (κ3) is 2.82. The number of nitrogens with zero attached hydrogens (tertiary/aromatic N) is 4. The SMILES string of the molecule is COc1ccc(S(=O)(=O)Nc2nc(C3CC3)nn2C)cn1. The molecule has 3 rings (SSSR count). The molecule has 1 N–H and O–H groups in total.